The molecule has 0 amide bonds. The molecule has 114 valence electrons. The summed E-state index contributed by atoms with van der Waals surface area (Å²) in [5.41, 5.74) is 0.629. The monoisotopic (exact) mass is 295 g/mol. The molecule has 4 nitrogen and oxygen atoms in total. The van der Waals surface area contributed by atoms with Crippen LogP contribution in [0.15, 0.2) is 34.9 Å². The summed E-state index contributed by atoms with van der Waals surface area (Å²) in [5, 5.41) is 9.36. The zero-order valence-electron chi connectivity index (χ0n) is 13.1. The average Bonchev–Trinajstić information content (AvgIpc) is 3.04. The highest BCUT2D eigenvalue weighted by molar-refractivity contribution is 5.55. The van der Waals surface area contributed by atoms with E-state index < -0.39 is 0 Å². The third-order valence-electron chi connectivity index (χ3n) is 4.40. The van der Waals surface area contributed by atoms with Gasteiger partial charge in [-0.1, -0.05) is 13.8 Å². The van der Waals surface area contributed by atoms with Gasteiger partial charge in [0.05, 0.1) is 11.6 Å². The SMILES string of the molecule is CCc1ccc(C2CC(C)CCN2c2ncccc2C#N)o1. The second kappa shape index (κ2) is 6.23. The van der Waals surface area contributed by atoms with Crippen LogP contribution in [0.1, 0.15) is 49.8 Å². The van der Waals surface area contributed by atoms with E-state index in [4.69, 9.17) is 4.42 Å². The normalized spacial score (nSPS) is 21.6. The molecule has 1 aliphatic heterocycles. The van der Waals surface area contributed by atoms with Gasteiger partial charge < -0.3 is 9.32 Å². The quantitative estimate of drug-likeness (QED) is 0.856. The number of rotatable bonds is 3. The van der Waals surface area contributed by atoms with Gasteiger partial charge >= 0.3 is 0 Å². The van der Waals surface area contributed by atoms with Crippen molar-refractivity contribution in [2.24, 2.45) is 5.92 Å². The van der Waals surface area contributed by atoms with Crippen LogP contribution in [-0.4, -0.2) is 11.5 Å². The second-order valence-corrected chi connectivity index (χ2v) is 5.98. The largest absolute Gasteiger partial charge is 0.464 e. The highest BCUT2D eigenvalue weighted by Gasteiger charge is 2.31. The van der Waals surface area contributed by atoms with Crippen molar-refractivity contribution in [2.75, 3.05) is 11.4 Å². The smallest absolute Gasteiger partial charge is 0.147 e. The van der Waals surface area contributed by atoms with Gasteiger partial charge in [-0.3, -0.25) is 0 Å². The van der Waals surface area contributed by atoms with E-state index in [1.54, 1.807) is 6.20 Å². The minimum absolute atomic E-state index is 0.158. The molecule has 1 fully saturated rings. The first-order chi connectivity index (χ1) is 10.7. The lowest BCUT2D eigenvalue weighted by molar-refractivity contribution is 0.321. The van der Waals surface area contributed by atoms with E-state index in [0.717, 1.165) is 43.1 Å². The molecule has 0 bridgehead atoms. The Morgan fingerprint density at radius 1 is 1.41 bits per heavy atom. The van der Waals surface area contributed by atoms with Crippen LogP contribution in [-0.2, 0) is 6.42 Å². The first-order valence-corrected chi connectivity index (χ1v) is 7.93. The van der Waals surface area contributed by atoms with Crippen LogP contribution >= 0.6 is 0 Å². The molecule has 1 saturated heterocycles. The number of nitrogens with zero attached hydrogens (tertiary/aromatic N) is 3. The number of piperidine rings is 1. The molecule has 0 N–H and O–H groups in total. The summed E-state index contributed by atoms with van der Waals surface area (Å²) in [7, 11) is 0. The van der Waals surface area contributed by atoms with E-state index in [9.17, 15) is 5.26 Å². The third kappa shape index (κ3) is 2.71. The van der Waals surface area contributed by atoms with E-state index in [0.29, 0.717) is 11.5 Å². The number of furan rings is 1. The van der Waals surface area contributed by atoms with E-state index >= 15 is 0 Å². The molecule has 4 heteroatoms. The molecule has 0 saturated carbocycles. The maximum Gasteiger partial charge on any atom is 0.147 e. The highest BCUT2D eigenvalue weighted by Crippen LogP contribution is 2.38. The molecule has 2 aromatic rings. The first-order valence-electron chi connectivity index (χ1n) is 7.93. The fourth-order valence-electron chi connectivity index (χ4n) is 3.14. The molecule has 0 radical (unpaired) electrons. The van der Waals surface area contributed by atoms with Gasteiger partial charge in [-0.25, -0.2) is 4.98 Å². The Kier molecular flexibility index (Phi) is 4.15. The summed E-state index contributed by atoms with van der Waals surface area (Å²) < 4.78 is 5.99. The predicted molar refractivity (Wildman–Crippen MR) is 85.5 cm³/mol. The number of pyridine rings is 1. The number of hydrogen-bond donors (Lipinski definition) is 0. The van der Waals surface area contributed by atoms with Crippen LogP contribution in [0, 0.1) is 17.2 Å². The summed E-state index contributed by atoms with van der Waals surface area (Å²) >= 11 is 0. The Hall–Kier alpha value is -2.28. The van der Waals surface area contributed by atoms with E-state index in [2.05, 4.69) is 41.9 Å². The molecule has 3 heterocycles. The highest BCUT2D eigenvalue weighted by atomic mass is 16.3. The summed E-state index contributed by atoms with van der Waals surface area (Å²) in [6.07, 6.45) is 4.79. The van der Waals surface area contributed by atoms with Gasteiger partial charge in [0.25, 0.3) is 0 Å². The molecular formula is C18H21N3O. The number of hydrogen-bond acceptors (Lipinski definition) is 4. The van der Waals surface area contributed by atoms with Crippen LogP contribution in [0.5, 0.6) is 0 Å². The molecule has 3 rings (SSSR count). The molecule has 22 heavy (non-hydrogen) atoms. The van der Waals surface area contributed by atoms with E-state index in [-0.39, 0.29) is 6.04 Å². The lowest BCUT2D eigenvalue weighted by Gasteiger charge is -2.38. The van der Waals surface area contributed by atoms with Gasteiger partial charge in [-0.15, -0.1) is 0 Å². The van der Waals surface area contributed by atoms with E-state index in [1.165, 1.54) is 0 Å². The number of aromatic nitrogens is 1. The van der Waals surface area contributed by atoms with Crippen molar-refractivity contribution in [3.05, 3.63) is 47.5 Å². The fraction of sp³-hybridized carbons (Fsp3) is 0.444. The maximum absolute atomic E-state index is 9.36. The van der Waals surface area contributed by atoms with Gasteiger partial charge in [0.1, 0.15) is 23.4 Å². The Balaban J connectivity index is 1.98. The van der Waals surface area contributed by atoms with Crippen molar-refractivity contribution in [3.63, 3.8) is 0 Å². The van der Waals surface area contributed by atoms with Gasteiger partial charge in [-0.05, 0) is 43.0 Å². The molecule has 0 spiro atoms. The Morgan fingerprint density at radius 2 is 2.27 bits per heavy atom. The Morgan fingerprint density at radius 3 is 3.00 bits per heavy atom. The third-order valence-corrected chi connectivity index (χ3v) is 4.40. The zero-order valence-corrected chi connectivity index (χ0v) is 13.1. The van der Waals surface area contributed by atoms with Crippen LogP contribution in [0.4, 0.5) is 5.82 Å². The van der Waals surface area contributed by atoms with Crippen LogP contribution in [0.25, 0.3) is 0 Å². The van der Waals surface area contributed by atoms with Gasteiger partial charge in [0.2, 0.25) is 0 Å². The van der Waals surface area contributed by atoms with E-state index in [1.807, 2.05) is 12.1 Å². The van der Waals surface area contributed by atoms with Gasteiger partial charge in [0.15, 0.2) is 0 Å². The standard InChI is InChI=1S/C18H21N3O/c1-3-15-6-7-17(22-15)16-11-13(2)8-10-21(16)18-14(12-19)5-4-9-20-18/h4-7,9,13,16H,3,8,10-11H2,1-2H3. The van der Waals surface area contributed by atoms with Crippen LogP contribution in [0.3, 0.4) is 0 Å². The zero-order chi connectivity index (χ0) is 15.5. The molecule has 0 aliphatic carbocycles. The molecule has 2 atom stereocenters. The van der Waals surface area contributed by atoms with Gasteiger partial charge in [0, 0.05) is 19.2 Å². The van der Waals surface area contributed by atoms with Crippen molar-refractivity contribution < 1.29 is 4.42 Å². The van der Waals surface area contributed by atoms with Crippen LogP contribution < -0.4 is 4.90 Å². The predicted octanol–water partition coefficient (Wildman–Crippen LogP) is 4.09. The molecular weight excluding hydrogens is 274 g/mol. The Bertz CT molecular complexity index is 686. The summed E-state index contributed by atoms with van der Waals surface area (Å²) in [6, 6.07) is 10.2. The summed E-state index contributed by atoms with van der Waals surface area (Å²) in [5.74, 6) is 3.41. The summed E-state index contributed by atoms with van der Waals surface area (Å²) in [6.45, 7) is 5.27. The number of nitriles is 1. The molecule has 2 aromatic heterocycles. The molecule has 2 unspecified atom stereocenters. The summed E-state index contributed by atoms with van der Waals surface area (Å²) in [4.78, 5) is 6.70. The minimum atomic E-state index is 0.158. The van der Waals surface area contributed by atoms with Crippen LogP contribution in [0.2, 0.25) is 0 Å². The van der Waals surface area contributed by atoms with Crippen molar-refractivity contribution in [2.45, 2.75) is 39.2 Å². The topological polar surface area (TPSA) is 53.1 Å². The van der Waals surface area contributed by atoms with Crippen molar-refractivity contribution in [3.8, 4) is 6.07 Å². The number of aryl methyl sites for hydroxylation is 1. The fourth-order valence-corrected chi connectivity index (χ4v) is 3.14. The maximum atomic E-state index is 9.36. The lowest BCUT2D eigenvalue weighted by atomic mass is 9.91. The first kappa shape index (κ1) is 14.6. The van der Waals surface area contributed by atoms with Crippen molar-refractivity contribution in [1.29, 1.82) is 5.26 Å². The average molecular weight is 295 g/mol. The lowest BCUT2D eigenvalue weighted by Crippen LogP contribution is -2.37. The van der Waals surface area contributed by atoms with Crippen molar-refractivity contribution >= 4 is 5.82 Å². The molecule has 1 aliphatic rings. The van der Waals surface area contributed by atoms with Gasteiger partial charge in [-0.2, -0.15) is 5.26 Å². The van der Waals surface area contributed by atoms with Crippen molar-refractivity contribution in [1.82, 2.24) is 4.98 Å². The molecule has 0 aromatic carbocycles. The Labute approximate surface area is 131 Å². The second-order valence-electron chi connectivity index (χ2n) is 5.98. The number of anilines is 1. The minimum Gasteiger partial charge on any atom is -0.464 e.